The Balaban J connectivity index is 2.00. The first-order chi connectivity index (χ1) is 11.9. The average Bonchev–Trinajstić information content (AvgIpc) is 2.99. The largest absolute Gasteiger partial charge is 0.487 e. The predicted octanol–water partition coefficient (Wildman–Crippen LogP) is 3.82. The van der Waals surface area contributed by atoms with Crippen LogP contribution < -0.4 is 4.74 Å². The lowest BCUT2D eigenvalue weighted by Crippen LogP contribution is -2.15. The van der Waals surface area contributed by atoms with Crippen molar-refractivity contribution in [3.63, 3.8) is 0 Å². The van der Waals surface area contributed by atoms with Crippen LogP contribution in [0.15, 0.2) is 48.7 Å². The fourth-order valence-electron chi connectivity index (χ4n) is 2.00. The first-order valence-electron chi connectivity index (χ1n) is 7.46. The number of nitrogens with zero attached hydrogens (tertiary/aromatic N) is 3. The molecule has 1 aromatic heterocycles. The maximum absolute atomic E-state index is 12.7. The van der Waals surface area contributed by atoms with Gasteiger partial charge in [-0.05, 0) is 24.6 Å². The second-order valence-corrected chi connectivity index (χ2v) is 5.06. The molecule has 0 amide bonds. The van der Waals surface area contributed by atoms with E-state index in [0.29, 0.717) is 19.2 Å². The van der Waals surface area contributed by atoms with Crippen molar-refractivity contribution >= 4 is 0 Å². The summed E-state index contributed by atoms with van der Waals surface area (Å²) in [6.07, 6.45) is -0.357. The topological polar surface area (TPSA) is 60.1 Å². The van der Waals surface area contributed by atoms with Crippen molar-refractivity contribution in [3.05, 3.63) is 59.8 Å². The molecular formula is C17H16F3N3O2. The van der Waals surface area contributed by atoms with Crippen molar-refractivity contribution in [1.82, 2.24) is 9.78 Å². The SMILES string of the molecule is CCO/C(=C\Oc1ccc(Cn2cc(CC#N)cn2)cc1)C(F)(F)F. The Bertz CT molecular complexity index is 759. The molecule has 1 aromatic carbocycles. The highest BCUT2D eigenvalue weighted by Gasteiger charge is 2.36. The molecule has 8 heteroatoms. The monoisotopic (exact) mass is 351 g/mol. The number of rotatable bonds is 7. The Kier molecular flexibility index (Phi) is 6.06. The second kappa shape index (κ2) is 8.24. The number of halogens is 3. The molecule has 25 heavy (non-hydrogen) atoms. The fraction of sp³-hybridized carbons (Fsp3) is 0.294. The van der Waals surface area contributed by atoms with Crippen LogP contribution in [0.4, 0.5) is 13.2 Å². The smallest absolute Gasteiger partial charge is 0.452 e. The van der Waals surface area contributed by atoms with Gasteiger partial charge in [0.2, 0.25) is 5.76 Å². The van der Waals surface area contributed by atoms with Gasteiger partial charge in [0.15, 0.2) is 0 Å². The summed E-state index contributed by atoms with van der Waals surface area (Å²) < 4.78 is 49.2. The number of nitriles is 1. The van der Waals surface area contributed by atoms with Crippen molar-refractivity contribution in [2.45, 2.75) is 26.1 Å². The first-order valence-corrected chi connectivity index (χ1v) is 7.46. The molecule has 1 heterocycles. The molecule has 0 aliphatic carbocycles. The summed E-state index contributed by atoms with van der Waals surface area (Å²) in [6.45, 7) is 1.84. The zero-order valence-electron chi connectivity index (χ0n) is 13.5. The van der Waals surface area contributed by atoms with Crippen LogP contribution in [0.1, 0.15) is 18.1 Å². The number of ether oxygens (including phenoxy) is 2. The molecule has 132 valence electrons. The minimum atomic E-state index is -4.60. The van der Waals surface area contributed by atoms with Gasteiger partial charge in [-0.3, -0.25) is 4.68 Å². The van der Waals surface area contributed by atoms with Crippen LogP contribution >= 0.6 is 0 Å². The van der Waals surface area contributed by atoms with E-state index in [1.807, 2.05) is 6.07 Å². The summed E-state index contributed by atoms with van der Waals surface area (Å²) in [5, 5.41) is 12.8. The number of hydrogen-bond donors (Lipinski definition) is 0. The summed E-state index contributed by atoms with van der Waals surface area (Å²) in [7, 11) is 0. The summed E-state index contributed by atoms with van der Waals surface area (Å²) in [5.74, 6) is -0.920. The van der Waals surface area contributed by atoms with Gasteiger partial charge in [0.25, 0.3) is 0 Å². The van der Waals surface area contributed by atoms with Crippen LogP contribution in [0.25, 0.3) is 0 Å². The third-order valence-corrected chi connectivity index (χ3v) is 3.12. The van der Waals surface area contributed by atoms with Crippen molar-refractivity contribution in [3.8, 4) is 11.8 Å². The van der Waals surface area contributed by atoms with Crippen molar-refractivity contribution in [2.75, 3.05) is 6.61 Å². The average molecular weight is 351 g/mol. The van der Waals surface area contributed by atoms with Crippen LogP contribution in [0, 0.1) is 11.3 Å². The maximum atomic E-state index is 12.7. The highest BCUT2D eigenvalue weighted by molar-refractivity contribution is 5.28. The van der Waals surface area contributed by atoms with Gasteiger partial charge in [-0.2, -0.15) is 23.5 Å². The van der Waals surface area contributed by atoms with E-state index in [-0.39, 0.29) is 12.4 Å². The standard InChI is InChI=1S/C17H16F3N3O2/c1-2-24-16(17(18,19)20)12-25-15-5-3-13(4-6-15)10-23-11-14(7-8-21)9-22-23/h3-6,9,11-12H,2,7,10H2,1H3/b16-12-. The molecule has 0 radical (unpaired) electrons. The highest BCUT2D eigenvalue weighted by Crippen LogP contribution is 2.27. The van der Waals surface area contributed by atoms with E-state index >= 15 is 0 Å². The highest BCUT2D eigenvalue weighted by atomic mass is 19.4. The minimum absolute atomic E-state index is 0.106. The third kappa shape index (κ3) is 5.57. The Morgan fingerprint density at radius 1 is 1.28 bits per heavy atom. The zero-order valence-corrected chi connectivity index (χ0v) is 13.5. The fourth-order valence-corrected chi connectivity index (χ4v) is 2.00. The minimum Gasteiger partial charge on any atom is -0.487 e. The lowest BCUT2D eigenvalue weighted by molar-refractivity contribution is -0.132. The van der Waals surface area contributed by atoms with Crippen LogP contribution in [-0.2, 0) is 17.7 Å². The number of allylic oxidation sites excluding steroid dienone is 1. The van der Waals surface area contributed by atoms with Gasteiger partial charge in [0.1, 0.15) is 12.0 Å². The van der Waals surface area contributed by atoms with E-state index < -0.39 is 11.9 Å². The molecule has 2 aromatic rings. The van der Waals surface area contributed by atoms with Crippen LogP contribution in [0.3, 0.4) is 0 Å². The molecule has 0 saturated heterocycles. The molecule has 0 N–H and O–H groups in total. The third-order valence-electron chi connectivity index (χ3n) is 3.12. The molecule has 0 unspecified atom stereocenters. The lowest BCUT2D eigenvalue weighted by Gasteiger charge is -2.12. The summed E-state index contributed by atoms with van der Waals surface area (Å²) >= 11 is 0. The molecule has 0 atom stereocenters. The molecule has 0 aliphatic rings. The lowest BCUT2D eigenvalue weighted by atomic mass is 10.2. The molecular weight excluding hydrogens is 335 g/mol. The van der Waals surface area contributed by atoms with Gasteiger partial charge >= 0.3 is 6.18 Å². The molecule has 0 bridgehead atoms. The number of hydrogen-bond acceptors (Lipinski definition) is 4. The van der Waals surface area contributed by atoms with E-state index in [9.17, 15) is 13.2 Å². The Morgan fingerprint density at radius 3 is 2.60 bits per heavy atom. The zero-order chi connectivity index (χ0) is 18.3. The number of benzene rings is 1. The van der Waals surface area contributed by atoms with Crippen molar-refractivity contribution < 1.29 is 22.6 Å². The Morgan fingerprint density at radius 2 is 2.00 bits per heavy atom. The number of aromatic nitrogens is 2. The van der Waals surface area contributed by atoms with Crippen LogP contribution in [0.5, 0.6) is 5.75 Å². The predicted molar refractivity (Wildman–Crippen MR) is 83.5 cm³/mol. The van der Waals surface area contributed by atoms with E-state index in [0.717, 1.165) is 11.1 Å². The quantitative estimate of drug-likeness (QED) is 0.712. The second-order valence-electron chi connectivity index (χ2n) is 5.06. The van der Waals surface area contributed by atoms with Crippen molar-refractivity contribution in [1.29, 1.82) is 5.26 Å². The van der Waals surface area contributed by atoms with E-state index in [1.165, 1.54) is 6.92 Å². The summed E-state index contributed by atoms with van der Waals surface area (Å²) in [6, 6.07) is 8.62. The molecule has 0 aliphatic heterocycles. The molecule has 2 rings (SSSR count). The van der Waals surface area contributed by atoms with Gasteiger partial charge in [-0.25, -0.2) is 0 Å². The van der Waals surface area contributed by atoms with Crippen LogP contribution in [0.2, 0.25) is 0 Å². The van der Waals surface area contributed by atoms with Gasteiger partial charge in [0.05, 0.1) is 31.8 Å². The Labute approximate surface area is 142 Å². The van der Waals surface area contributed by atoms with Crippen molar-refractivity contribution in [2.24, 2.45) is 0 Å². The summed E-state index contributed by atoms with van der Waals surface area (Å²) in [4.78, 5) is 0. The molecule has 5 nitrogen and oxygen atoms in total. The van der Waals surface area contributed by atoms with Gasteiger partial charge in [0, 0.05) is 11.8 Å². The van der Waals surface area contributed by atoms with Gasteiger partial charge < -0.3 is 9.47 Å². The van der Waals surface area contributed by atoms with E-state index in [1.54, 1.807) is 41.3 Å². The van der Waals surface area contributed by atoms with Crippen LogP contribution in [-0.4, -0.2) is 22.6 Å². The Hall–Kier alpha value is -2.95. The number of alkyl halides is 3. The van der Waals surface area contributed by atoms with E-state index in [4.69, 9.17) is 10.00 Å². The van der Waals surface area contributed by atoms with Gasteiger partial charge in [-0.15, -0.1) is 0 Å². The maximum Gasteiger partial charge on any atom is 0.452 e. The van der Waals surface area contributed by atoms with Gasteiger partial charge in [-0.1, -0.05) is 12.1 Å². The molecule has 0 saturated carbocycles. The summed E-state index contributed by atoms with van der Waals surface area (Å²) in [5.41, 5.74) is 1.71. The van der Waals surface area contributed by atoms with E-state index in [2.05, 4.69) is 9.84 Å². The molecule has 0 fully saturated rings. The molecule has 0 spiro atoms. The normalized spacial score (nSPS) is 11.9. The first kappa shape index (κ1) is 18.4.